The molecule has 0 unspecified atom stereocenters. The van der Waals surface area contributed by atoms with Crippen molar-refractivity contribution in [1.82, 2.24) is 5.32 Å². The Bertz CT molecular complexity index is 375. The van der Waals surface area contributed by atoms with Crippen LogP contribution in [-0.2, 0) is 0 Å². The highest BCUT2D eigenvalue weighted by atomic mass is 14.9. The zero-order valence-corrected chi connectivity index (χ0v) is 11.1. The number of hydrogen-bond donors (Lipinski definition) is 1. The molecular formula is C15H23N. The van der Waals surface area contributed by atoms with Crippen LogP contribution >= 0.6 is 0 Å². The van der Waals surface area contributed by atoms with E-state index in [-0.39, 0.29) is 0 Å². The first-order valence-corrected chi connectivity index (χ1v) is 5.97. The summed E-state index contributed by atoms with van der Waals surface area (Å²) >= 11 is 0. The summed E-state index contributed by atoms with van der Waals surface area (Å²) < 4.78 is 0. The molecule has 1 N–H and O–H groups in total. The van der Waals surface area contributed by atoms with E-state index in [2.05, 4.69) is 64.2 Å². The molecule has 16 heavy (non-hydrogen) atoms. The molecule has 0 fully saturated rings. The lowest BCUT2D eigenvalue weighted by Gasteiger charge is -2.09. The molecule has 0 aliphatic heterocycles. The lowest BCUT2D eigenvalue weighted by atomic mass is 10.0. The third-order valence-electron chi connectivity index (χ3n) is 2.63. The summed E-state index contributed by atoms with van der Waals surface area (Å²) in [6.45, 7) is 11.8. The summed E-state index contributed by atoms with van der Waals surface area (Å²) in [6, 6.07) is 7.13. The maximum absolute atomic E-state index is 3.43. The highest BCUT2D eigenvalue weighted by Crippen LogP contribution is 2.14. The van der Waals surface area contributed by atoms with Crippen molar-refractivity contribution in [3.8, 4) is 0 Å². The van der Waals surface area contributed by atoms with Gasteiger partial charge in [0.1, 0.15) is 0 Å². The van der Waals surface area contributed by atoms with E-state index in [0.717, 1.165) is 6.54 Å². The van der Waals surface area contributed by atoms with Crippen LogP contribution in [0.5, 0.6) is 0 Å². The Kier molecular flexibility index (Phi) is 4.75. The van der Waals surface area contributed by atoms with Crippen LogP contribution in [0.3, 0.4) is 0 Å². The van der Waals surface area contributed by atoms with Gasteiger partial charge < -0.3 is 5.32 Å². The SMILES string of the molecule is CC(=Cc1cc(C)ccc1C)CNC(C)C. The fraction of sp³-hybridized carbons (Fsp3) is 0.467. The average Bonchev–Trinajstić information content (AvgIpc) is 2.20. The topological polar surface area (TPSA) is 12.0 Å². The van der Waals surface area contributed by atoms with E-state index >= 15 is 0 Å². The maximum atomic E-state index is 3.43. The Hall–Kier alpha value is -1.08. The molecule has 1 aromatic carbocycles. The van der Waals surface area contributed by atoms with Crippen LogP contribution in [0.15, 0.2) is 23.8 Å². The summed E-state index contributed by atoms with van der Waals surface area (Å²) in [5.41, 5.74) is 5.38. The van der Waals surface area contributed by atoms with Crippen molar-refractivity contribution in [1.29, 1.82) is 0 Å². The zero-order chi connectivity index (χ0) is 12.1. The van der Waals surface area contributed by atoms with Crippen molar-refractivity contribution in [3.05, 3.63) is 40.5 Å². The van der Waals surface area contributed by atoms with E-state index in [1.807, 2.05) is 0 Å². The Morgan fingerprint density at radius 1 is 1.31 bits per heavy atom. The minimum absolute atomic E-state index is 0.543. The van der Waals surface area contributed by atoms with Gasteiger partial charge in [0.2, 0.25) is 0 Å². The number of rotatable bonds is 4. The third-order valence-corrected chi connectivity index (χ3v) is 2.63. The molecule has 0 aliphatic carbocycles. The van der Waals surface area contributed by atoms with Crippen molar-refractivity contribution >= 4 is 6.08 Å². The minimum atomic E-state index is 0.543. The number of benzene rings is 1. The van der Waals surface area contributed by atoms with Gasteiger partial charge >= 0.3 is 0 Å². The average molecular weight is 217 g/mol. The van der Waals surface area contributed by atoms with E-state index in [4.69, 9.17) is 0 Å². The normalized spacial score (nSPS) is 12.2. The Morgan fingerprint density at radius 3 is 2.62 bits per heavy atom. The Morgan fingerprint density at radius 2 is 2.00 bits per heavy atom. The fourth-order valence-electron chi connectivity index (χ4n) is 1.60. The van der Waals surface area contributed by atoms with E-state index < -0.39 is 0 Å². The van der Waals surface area contributed by atoms with E-state index in [9.17, 15) is 0 Å². The van der Waals surface area contributed by atoms with Gasteiger partial charge in [-0.15, -0.1) is 0 Å². The predicted octanol–water partition coefficient (Wildman–Crippen LogP) is 3.70. The summed E-state index contributed by atoms with van der Waals surface area (Å²) in [5, 5.41) is 3.43. The van der Waals surface area contributed by atoms with Crippen molar-refractivity contribution in [3.63, 3.8) is 0 Å². The molecule has 1 heteroatoms. The first-order chi connectivity index (χ1) is 7.49. The van der Waals surface area contributed by atoms with Crippen LogP contribution in [0.4, 0.5) is 0 Å². The summed E-state index contributed by atoms with van der Waals surface area (Å²) in [7, 11) is 0. The molecule has 0 saturated carbocycles. The Balaban J connectivity index is 2.77. The largest absolute Gasteiger partial charge is 0.311 e. The number of aryl methyl sites for hydroxylation is 2. The van der Waals surface area contributed by atoms with Crippen LogP contribution in [0, 0.1) is 13.8 Å². The lowest BCUT2D eigenvalue weighted by Crippen LogP contribution is -2.24. The highest BCUT2D eigenvalue weighted by Gasteiger charge is 1.98. The second-order valence-electron chi connectivity index (χ2n) is 4.89. The van der Waals surface area contributed by atoms with Crippen molar-refractivity contribution in [2.45, 2.75) is 40.7 Å². The van der Waals surface area contributed by atoms with Gasteiger partial charge in [-0.2, -0.15) is 0 Å². The molecule has 1 nitrogen and oxygen atoms in total. The van der Waals surface area contributed by atoms with Crippen molar-refractivity contribution in [2.24, 2.45) is 0 Å². The predicted molar refractivity (Wildman–Crippen MR) is 72.7 cm³/mol. The summed E-state index contributed by atoms with van der Waals surface area (Å²) in [4.78, 5) is 0. The molecule has 1 rings (SSSR count). The molecule has 88 valence electrons. The molecule has 0 aromatic heterocycles. The molecule has 0 atom stereocenters. The Labute approximate surface area is 99.6 Å². The third kappa shape index (κ3) is 4.19. The molecule has 0 heterocycles. The van der Waals surface area contributed by atoms with Gasteiger partial charge in [0.25, 0.3) is 0 Å². The van der Waals surface area contributed by atoms with Gasteiger partial charge in [-0.3, -0.25) is 0 Å². The monoisotopic (exact) mass is 217 g/mol. The van der Waals surface area contributed by atoms with Gasteiger partial charge in [-0.05, 0) is 31.9 Å². The van der Waals surface area contributed by atoms with Gasteiger partial charge in [-0.1, -0.05) is 49.3 Å². The van der Waals surface area contributed by atoms with Crippen molar-refractivity contribution in [2.75, 3.05) is 6.54 Å². The molecule has 0 bridgehead atoms. The van der Waals surface area contributed by atoms with E-state index in [1.165, 1.54) is 22.3 Å². The van der Waals surface area contributed by atoms with Gasteiger partial charge in [-0.25, -0.2) is 0 Å². The first-order valence-electron chi connectivity index (χ1n) is 5.97. The van der Waals surface area contributed by atoms with Gasteiger partial charge in [0, 0.05) is 12.6 Å². The van der Waals surface area contributed by atoms with Crippen LogP contribution in [-0.4, -0.2) is 12.6 Å². The fourth-order valence-corrected chi connectivity index (χ4v) is 1.60. The van der Waals surface area contributed by atoms with Crippen molar-refractivity contribution < 1.29 is 0 Å². The van der Waals surface area contributed by atoms with Crippen LogP contribution in [0.2, 0.25) is 0 Å². The molecular weight excluding hydrogens is 194 g/mol. The van der Waals surface area contributed by atoms with Crippen LogP contribution in [0.25, 0.3) is 6.08 Å². The quantitative estimate of drug-likeness (QED) is 0.810. The van der Waals surface area contributed by atoms with E-state index in [0.29, 0.717) is 6.04 Å². The molecule has 0 radical (unpaired) electrons. The first kappa shape index (κ1) is 13.0. The maximum Gasteiger partial charge on any atom is 0.0167 e. The highest BCUT2D eigenvalue weighted by molar-refractivity contribution is 5.57. The van der Waals surface area contributed by atoms with Crippen LogP contribution in [0.1, 0.15) is 37.5 Å². The molecule has 0 spiro atoms. The number of hydrogen-bond acceptors (Lipinski definition) is 1. The summed E-state index contributed by atoms with van der Waals surface area (Å²) in [5.74, 6) is 0. The second-order valence-corrected chi connectivity index (χ2v) is 4.89. The zero-order valence-electron chi connectivity index (χ0n) is 11.1. The molecule has 0 saturated heterocycles. The number of nitrogens with one attached hydrogen (secondary N) is 1. The standard InChI is InChI=1S/C15H23N/c1-11(2)16-10-13(4)9-15-8-12(3)6-7-14(15)5/h6-9,11,16H,10H2,1-5H3. The molecule has 1 aromatic rings. The minimum Gasteiger partial charge on any atom is -0.311 e. The van der Waals surface area contributed by atoms with E-state index in [1.54, 1.807) is 0 Å². The molecule has 0 amide bonds. The molecule has 0 aliphatic rings. The lowest BCUT2D eigenvalue weighted by molar-refractivity contribution is 0.623. The van der Waals surface area contributed by atoms with Crippen LogP contribution < -0.4 is 5.32 Å². The second kappa shape index (κ2) is 5.86. The summed E-state index contributed by atoms with van der Waals surface area (Å²) in [6.07, 6.45) is 2.28. The van der Waals surface area contributed by atoms with Gasteiger partial charge in [0.05, 0.1) is 0 Å². The smallest absolute Gasteiger partial charge is 0.0167 e. The van der Waals surface area contributed by atoms with Gasteiger partial charge in [0.15, 0.2) is 0 Å².